The molecule has 2 rings (SSSR count). The van der Waals surface area contributed by atoms with Crippen molar-refractivity contribution in [3.05, 3.63) is 17.0 Å². The lowest BCUT2D eigenvalue weighted by molar-refractivity contribution is -0.152. The van der Waals surface area contributed by atoms with E-state index in [4.69, 9.17) is 9.63 Å². The van der Waals surface area contributed by atoms with Crippen LogP contribution in [-0.4, -0.2) is 22.1 Å². The van der Waals surface area contributed by atoms with Crippen LogP contribution >= 0.6 is 0 Å². The highest BCUT2D eigenvalue weighted by Gasteiger charge is 2.41. The Kier molecular flexibility index (Phi) is 4.42. The molecule has 1 fully saturated rings. The lowest BCUT2D eigenvalue weighted by Crippen LogP contribution is -2.43. The van der Waals surface area contributed by atoms with E-state index in [2.05, 4.69) is 10.5 Å². The summed E-state index contributed by atoms with van der Waals surface area (Å²) in [7, 11) is 0. The summed E-state index contributed by atoms with van der Waals surface area (Å²) in [6.07, 6.45) is 2.70. The summed E-state index contributed by atoms with van der Waals surface area (Å²) >= 11 is 0. The van der Waals surface area contributed by atoms with Gasteiger partial charge in [-0.1, -0.05) is 19.0 Å². The molecule has 110 valence electrons. The molecule has 20 heavy (non-hydrogen) atoms. The fourth-order valence-electron chi connectivity index (χ4n) is 2.55. The van der Waals surface area contributed by atoms with Crippen molar-refractivity contribution in [2.24, 2.45) is 11.8 Å². The number of aromatic nitrogens is 1. The van der Waals surface area contributed by atoms with Gasteiger partial charge in [0.05, 0.1) is 17.5 Å². The molecule has 2 N–H and O–H groups in total. The van der Waals surface area contributed by atoms with Gasteiger partial charge in [0.15, 0.2) is 0 Å². The maximum absolute atomic E-state index is 12.0. The first-order valence-electron chi connectivity index (χ1n) is 7.05. The number of hydrogen-bond acceptors (Lipinski definition) is 4. The Bertz CT molecular complexity index is 488. The molecule has 2 unspecified atom stereocenters. The zero-order valence-corrected chi connectivity index (χ0v) is 11.8. The molecule has 0 aromatic carbocycles. The number of amides is 1. The van der Waals surface area contributed by atoms with Crippen molar-refractivity contribution in [3.8, 4) is 0 Å². The summed E-state index contributed by atoms with van der Waals surface area (Å²) in [4.78, 5) is 22.9. The molecule has 1 aliphatic rings. The van der Waals surface area contributed by atoms with E-state index in [1.165, 1.54) is 0 Å². The molecule has 0 aliphatic heterocycles. The second-order valence-electron chi connectivity index (χ2n) is 5.08. The van der Waals surface area contributed by atoms with Crippen molar-refractivity contribution in [1.82, 2.24) is 10.5 Å². The van der Waals surface area contributed by atoms with E-state index in [0.29, 0.717) is 19.4 Å². The summed E-state index contributed by atoms with van der Waals surface area (Å²) in [5.74, 6) is -1.22. The van der Waals surface area contributed by atoms with Gasteiger partial charge in [0, 0.05) is 18.5 Å². The van der Waals surface area contributed by atoms with Gasteiger partial charge in [-0.25, -0.2) is 0 Å². The first-order chi connectivity index (χ1) is 9.58. The monoisotopic (exact) mass is 280 g/mol. The predicted molar refractivity (Wildman–Crippen MR) is 71.0 cm³/mol. The second-order valence-corrected chi connectivity index (χ2v) is 5.08. The largest absolute Gasteiger partial charge is 0.481 e. The number of carboxylic acids is 1. The van der Waals surface area contributed by atoms with Crippen molar-refractivity contribution < 1.29 is 19.2 Å². The number of carboxylic acid groups (broad SMARTS) is 1. The van der Waals surface area contributed by atoms with Crippen LogP contribution in [0.25, 0.3) is 0 Å². The molecule has 6 nitrogen and oxygen atoms in total. The maximum Gasteiger partial charge on any atom is 0.307 e. The molecular weight excluding hydrogens is 260 g/mol. The topological polar surface area (TPSA) is 92.4 Å². The van der Waals surface area contributed by atoms with Gasteiger partial charge in [-0.05, 0) is 19.3 Å². The molecule has 1 heterocycles. The van der Waals surface area contributed by atoms with E-state index >= 15 is 0 Å². The third-order valence-electron chi connectivity index (χ3n) is 3.97. The van der Waals surface area contributed by atoms with Gasteiger partial charge < -0.3 is 14.9 Å². The Balaban J connectivity index is 1.97. The molecule has 0 spiro atoms. The zero-order valence-electron chi connectivity index (χ0n) is 11.8. The average Bonchev–Trinajstić information content (AvgIpc) is 2.76. The van der Waals surface area contributed by atoms with Crippen molar-refractivity contribution in [2.75, 3.05) is 0 Å². The molecule has 1 aliphatic carbocycles. The molecule has 1 aromatic rings. The summed E-state index contributed by atoms with van der Waals surface area (Å²) in [5.41, 5.74) is 1.78. The Labute approximate surface area is 117 Å². The Morgan fingerprint density at radius 3 is 2.50 bits per heavy atom. The zero-order chi connectivity index (χ0) is 14.7. The first kappa shape index (κ1) is 14.6. The summed E-state index contributed by atoms with van der Waals surface area (Å²) < 4.78 is 5.23. The molecule has 0 saturated heterocycles. The van der Waals surface area contributed by atoms with Gasteiger partial charge in [-0.3, -0.25) is 9.59 Å². The highest BCUT2D eigenvalue weighted by molar-refractivity contribution is 5.86. The van der Waals surface area contributed by atoms with E-state index in [0.717, 1.165) is 29.9 Å². The lowest BCUT2D eigenvalue weighted by Gasteiger charge is -2.31. The van der Waals surface area contributed by atoms with E-state index in [1.54, 1.807) is 0 Å². The quantitative estimate of drug-likeness (QED) is 0.824. The van der Waals surface area contributed by atoms with Crippen LogP contribution in [0.4, 0.5) is 0 Å². The predicted octanol–water partition coefficient (Wildman–Crippen LogP) is 1.53. The number of hydrogen-bond donors (Lipinski definition) is 2. The molecule has 1 aromatic heterocycles. The fraction of sp³-hybridized carbons (Fsp3) is 0.643. The van der Waals surface area contributed by atoms with Gasteiger partial charge >= 0.3 is 5.97 Å². The number of nitrogens with one attached hydrogen (secondary N) is 1. The normalized spacial score (nSPS) is 21.3. The van der Waals surface area contributed by atoms with Crippen LogP contribution in [0.15, 0.2) is 4.52 Å². The van der Waals surface area contributed by atoms with Crippen molar-refractivity contribution in [1.29, 1.82) is 0 Å². The SMILES string of the molecule is CCc1noc(CC)c1CNC(=O)C1CCC1C(=O)O. The van der Waals surface area contributed by atoms with Crippen LogP contribution < -0.4 is 5.32 Å². The Morgan fingerprint density at radius 1 is 1.30 bits per heavy atom. The first-order valence-corrected chi connectivity index (χ1v) is 7.05. The van der Waals surface area contributed by atoms with Gasteiger partial charge in [0.25, 0.3) is 0 Å². The minimum atomic E-state index is -0.884. The smallest absolute Gasteiger partial charge is 0.307 e. The molecule has 1 amide bonds. The number of rotatable bonds is 6. The van der Waals surface area contributed by atoms with Crippen LogP contribution in [-0.2, 0) is 29.0 Å². The fourth-order valence-corrected chi connectivity index (χ4v) is 2.55. The van der Waals surface area contributed by atoms with Crippen LogP contribution in [0.1, 0.15) is 43.7 Å². The summed E-state index contributed by atoms with van der Waals surface area (Å²) in [6, 6.07) is 0. The second kappa shape index (κ2) is 6.07. The third kappa shape index (κ3) is 2.69. The number of carbonyl (C=O) groups is 2. The molecule has 0 bridgehead atoms. The summed E-state index contributed by atoms with van der Waals surface area (Å²) in [6.45, 7) is 4.31. The number of nitrogens with zero attached hydrogens (tertiary/aromatic N) is 1. The standard InChI is InChI=1S/C14H20N2O4/c1-3-11-10(12(4-2)20-16-11)7-15-13(17)8-5-6-9(8)14(18)19/h8-9H,3-7H2,1-2H3,(H,15,17)(H,18,19). The van der Waals surface area contributed by atoms with E-state index in [9.17, 15) is 9.59 Å². The molecule has 1 saturated carbocycles. The van der Waals surface area contributed by atoms with Crippen LogP contribution in [0, 0.1) is 11.8 Å². The Morgan fingerprint density at radius 2 is 2.00 bits per heavy atom. The molecule has 6 heteroatoms. The van der Waals surface area contributed by atoms with Crippen LogP contribution in [0.5, 0.6) is 0 Å². The van der Waals surface area contributed by atoms with Crippen molar-refractivity contribution in [2.45, 2.75) is 46.1 Å². The van der Waals surface area contributed by atoms with Crippen molar-refractivity contribution >= 4 is 11.9 Å². The van der Waals surface area contributed by atoms with E-state index in [1.807, 2.05) is 13.8 Å². The number of carbonyl (C=O) groups excluding carboxylic acids is 1. The van der Waals surface area contributed by atoms with E-state index in [-0.39, 0.29) is 5.91 Å². The van der Waals surface area contributed by atoms with Crippen LogP contribution in [0.2, 0.25) is 0 Å². The molecule has 2 atom stereocenters. The van der Waals surface area contributed by atoms with Crippen LogP contribution in [0.3, 0.4) is 0 Å². The van der Waals surface area contributed by atoms with Gasteiger partial charge in [-0.15, -0.1) is 0 Å². The number of aryl methyl sites for hydroxylation is 2. The Hall–Kier alpha value is -1.85. The number of aliphatic carboxylic acids is 1. The summed E-state index contributed by atoms with van der Waals surface area (Å²) in [5, 5.41) is 15.8. The molecule has 0 radical (unpaired) electrons. The van der Waals surface area contributed by atoms with Crippen molar-refractivity contribution in [3.63, 3.8) is 0 Å². The van der Waals surface area contributed by atoms with Gasteiger partial charge in [-0.2, -0.15) is 0 Å². The van der Waals surface area contributed by atoms with Gasteiger partial charge in [0.2, 0.25) is 5.91 Å². The maximum atomic E-state index is 12.0. The van der Waals surface area contributed by atoms with E-state index < -0.39 is 17.8 Å². The third-order valence-corrected chi connectivity index (χ3v) is 3.97. The molecular formula is C14H20N2O4. The highest BCUT2D eigenvalue weighted by atomic mass is 16.5. The average molecular weight is 280 g/mol. The van der Waals surface area contributed by atoms with Gasteiger partial charge in [0.1, 0.15) is 5.76 Å². The minimum absolute atomic E-state index is 0.186. The lowest BCUT2D eigenvalue weighted by atomic mass is 9.73. The highest BCUT2D eigenvalue weighted by Crippen LogP contribution is 2.34. The minimum Gasteiger partial charge on any atom is -0.481 e.